The van der Waals surface area contributed by atoms with Crippen LogP contribution in [0.4, 0.5) is 10.5 Å². The molecule has 1 aromatic carbocycles. The van der Waals surface area contributed by atoms with Crippen LogP contribution in [0.15, 0.2) is 18.2 Å². The summed E-state index contributed by atoms with van der Waals surface area (Å²) in [5.41, 5.74) is 2.57. The Morgan fingerprint density at radius 3 is 2.50 bits per heavy atom. The van der Waals surface area contributed by atoms with Crippen LogP contribution >= 0.6 is 0 Å². The number of urea groups is 1. The fourth-order valence-electron chi connectivity index (χ4n) is 1.76. The number of carbonyl (C=O) groups is 3. The van der Waals surface area contributed by atoms with E-state index < -0.39 is 23.9 Å². The largest absolute Gasteiger partial charge is 0.480 e. The summed E-state index contributed by atoms with van der Waals surface area (Å²) in [5.74, 6) is -1.60. The third-order valence-electron chi connectivity index (χ3n) is 3.52. The van der Waals surface area contributed by atoms with Gasteiger partial charge in [-0.05, 0) is 45.0 Å². The van der Waals surface area contributed by atoms with Crippen molar-refractivity contribution in [2.75, 3.05) is 18.9 Å². The first-order valence-corrected chi connectivity index (χ1v) is 6.82. The van der Waals surface area contributed by atoms with E-state index in [4.69, 9.17) is 5.11 Å². The molecule has 3 N–H and O–H groups in total. The molecule has 0 saturated carbocycles. The molecule has 0 heterocycles. The number of benzene rings is 1. The lowest BCUT2D eigenvalue weighted by Crippen LogP contribution is -2.45. The zero-order valence-electron chi connectivity index (χ0n) is 13.1. The monoisotopic (exact) mass is 307 g/mol. The van der Waals surface area contributed by atoms with Gasteiger partial charge in [-0.1, -0.05) is 12.1 Å². The number of anilines is 1. The van der Waals surface area contributed by atoms with Crippen LogP contribution in [0, 0.1) is 13.8 Å². The number of nitrogens with zero attached hydrogens (tertiary/aromatic N) is 1. The lowest BCUT2D eigenvalue weighted by molar-refractivity contribution is -0.142. The Kier molecular flexibility index (Phi) is 6.06. The molecule has 0 aromatic heterocycles. The highest BCUT2D eigenvalue weighted by molar-refractivity contribution is 6.02. The van der Waals surface area contributed by atoms with Gasteiger partial charge in [0.1, 0.15) is 6.04 Å². The van der Waals surface area contributed by atoms with Crippen molar-refractivity contribution in [2.45, 2.75) is 26.8 Å². The number of nitrogens with one attached hydrogen (secondary N) is 2. The zero-order chi connectivity index (χ0) is 16.9. The number of aryl methyl sites for hydroxylation is 1. The van der Waals surface area contributed by atoms with Crippen LogP contribution in [0.5, 0.6) is 0 Å². The topological polar surface area (TPSA) is 98.7 Å². The predicted octanol–water partition coefficient (Wildman–Crippen LogP) is 1.36. The van der Waals surface area contributed by atoms with E-state index in [9.17, 15) is 14.4 Å². The summed E-state index contributed by atoms with van der Waals surface area (Å²) in [6.45, 7) is 5.07. The molecule has 0 aliphatic carbocycles. The summed E-state index contributed by atoms with van der Waals surface area (Å²) in [6, 6.07) is 4.02. The highest BCUT2D eigenvalue weighted by Crippen LogP contribution is 2.17. The van der Waals surface area contributed by atoms with Gasteiger partial charge in [0.2, 0.25) is 5.91 Å². The Morgan fingerprint density at radius 2 is 1.91 bits per heavy atom. The van der Waals surface area contributed by atoms with Crippen LogP contribution in [-0.2, 0) is 9.59 Å². The molecule has 3 amide bonds. The van der Waals surface area contributed by atoms with Gasteiger partial charge in [-0.15, -0.1) is 0 Å². The lowest BCUT2D eigenvalue weighted by atomic mass is 10.1. The summed E-state index contributed by atoms with van der Waals surface area (Å²) < 4.78 is 0. The average molecular weight is 307 g/mol. The number of likely N-dealkylation sites (N-methyl/N-ethyl adjacent to an activating group) is 1. The van der Waals surface area contributed by atoms with E-state index in [1.807, 2.05) is 26.0 Å². The minimum absolute atomic E-state index is 0.187. The third kappa shape index (κ3) is 4.85. The van der Waals surface area contributed by atoms with Crippen molar-refractivity contribution in [1.82, 2.24) is 10.2 Å². The van der Waals surface area contributed by atoms with Crippen LogP contribution in [0.1, 0.15) is 18.1 Å². The Bertz CT molecular complexity index is 586. The second-order valence-electron chi connectivity index (χ2n) is 5.18. The normalized spacial score (nSPS) is 11.9. The Morgan fingerprint density at radius 1 is 1.27 bits per heavy atom. The number of hydrogen-bond acceptors (Lipinski definition) is 4. The van der Waals surface area contributed by atoms with Gasteiger partial charge in [0.05, 0.1) is 6.54 Å². The van der Waals surface area contributed by atoms with Gasteiger partial charge in [0.25, 0.3) is 0 Å². The van der Waals surface area contributed by atoms with E-state index in [0.717, 1.165) is 11.1 Å². The Labute approximate surface area is 129 Å². The first-order chi connectivity index (χ1) is 10.2. The fourth-order valence-corrected chi connectivity index (χ4v) is 1.76. The smallest absolute Gasteiger partial charge is 0.325 e. The minimum Gasteiger partial charge on any atom is -0.480 e. The van der Waals surface area contributed by atoms with Crippen LogP contribution in [0.3, 0.4) is 0 Å². The summed E-state index contributed by atoms with van der Waals surface area (Å²) in [6.07, 6.45) is 0. The van der Waals surface area contributed by atoms with Crippen molar-refractivity contribution in [3.63, 3.8) is 0 Å². The number of hydrogen-bond donors (Lipinski definition) is 3. The SMILES string of the molecule is Cc1cccc(NC(=O)NC(=O)CN(C)C(C)C(=O)O)c1C. The summed E-state index contributed by atoms with van der Waals surface area (Å²) >= 11 is 0. The van der Waals surface area contributed by atoms with Gasteiger partial charge in [-0.2, -0.15) is 0 Å². The van der Waals surface area contributed by atoms with Crippen LogP contribution in [0.2, 0.25) is 0 Å². The van der Waals surface area contributed by atoms with Crippen molar-refractivity contribution >= 4 is 23.6 Å². The van der Waals surface area contributed by atoms with Gasteiger partial charge in [-0.25, -0.2) is 4.79 Å². The maximum Gasteiger partial charge on any atom is 0.325 e. The molecule has 0 radical (unpaired) electrons. The fraction of sp³-hybridized carbons (Fsp3) is 0.400. The molecular formula is C15H21N3O4. The number of imide groups is 1. The van der Waals surface area contributed by atoms with Crippen LogP contribution in [0.25, 0.3) is 0 Å². The maximum atomic E-state index is 11.8. The molecule has 0 bridgehead atoms. The Balaban J connectivity index is 2.56. The second kappa shape index (κ2) is 7.56. The van der Waals surface area contributed by atoms with E-state index >= 15 is 0 Å². The molecule has 1 rings (SSSR count). The standard InChI is InChI=1S/C15H21N3O4/c1-9-6-5-7-12(10(9)2)16-15(22)17-13(19)8-18(4)11(3)14(20)21/h5-7,11H,8H2,1-4H3,(H,20,21)(H2,16,17,19,22). The first kappa shape index (κ1) is 17.6. The Hall–Kier alpha value is -2.41. The van der Waals surface area contributed by atoms with Gasteiger partial charge in [0, 0.05) is 5.69 Å². The molecule has 22 heavy (non-hydrogen) atoms. The van der Waals surface area contributed by atoms with Gasteiger partial charge in [0.15, 0.2) is 0 Å². The van der Waals surface area contributed by atoms with E-state index in [0.29, 0.717) is 5.69 Å². The van der Waals surface area contributed by atoms with E-state index in [1.54, 1.807) is 6.07 Å². The molecule has 0 fully saturated rings. The quantitative estimate of drug-likeness (QED) is 0.763. The molecule has 1 unspecified atom stereocenters. The second-order valence-corrected chi connectivity index (χ2v) is 5.18. The van der Waals surface area contributed by atoms with Gasteiger partial charge in [-0.3, -0.25) is 19.8 Å². The maximum absolute atomic E-state index is 11.8. The number of rotatable bonds is 5. The van der Waals surface area contributed by atoms with Gasteiger partial charge >= 0.3 is 12.0 Å². The number of carboxylic acid groups (broad SMARTS) is 1. The van der Waals surface area contributed by atoms with Crippen LogP contribution < -0.4 is 10.6 Å². The average Bonchev–Trinajstić information content (AvgIpc) is 2.42. The molecule has 7 nitrogen and oxygen atoms in total. The van der Waals surface area contributed by atoms with Crippen molar-refractivity contribution in [1.29, 1.82) is 0 Å². The molecule has 1 atom stereocenters. The molecule has 7 heteroatoms. The molecule has 0 aliphatic heterocycles. The number of amides is 3. The van der Waals surface area contributed by atoms with E-state index in [2.05, 4.69) is 10.6 Å². The van der Waals surface area contributed by atoms with E-state index in [1.165, 1.54) is 18.9 Å². The van der Waals surface area contributed by atoms with Crippen LogP contribution in [-0.4, -0.2) is 47.5 Å². The number of carboxylic acids is 1. The summed E-state index contributed by atoms with van der Waals surface area (Å²) in [7, 11) is 1.50. The molecule has 0 aliphatic rings. The predicted molar refractivity (Wildman–Crippen MR) is 82.8 cm³/mol. The molecule has 120 valence electrons. The van der Waals surface area contributed by atoms with Crippen molar-refractivity contribution in [3.8, 4) is 0 Å². The summed E-state index contributed by atoms with van der Waals surface area (Å²) in [5, 5.41) is 13.6. The van der Waals surface area contributed by atoms with Gasteiger partial charge < -0.3 is 10.4 Å². The molecule has 1 aromatic rings. The first-order valence-electron chi connectivity index (χ1n) is 6.82. The number of carbonyl (C=O) groups excluding carboxylic acids is 2. The third-order valence-corrected chi connectivity index (χ3v) is 3.52. The summed E-state index contributed by atoms with van der Waals surface area (Å²) in [4.78, 5) is 35.7. The van der Waals surface area contributed by atoms with Crippen molar-refractivity contribution < 1.29 is 19.5 Å². The number of aliphatic carboxylic acids is 1. The highest BCUT2D eigenvalue weighted by atomic mass is 16.4. The lowest BCUT2D eigenvalue weighted by Gasteiger charge is -2.20. The van der Waals surface area contributed by atoms with Crippen molar-refractivity contribution in [3.05, 3.63) is 29.3 Å². The minimum atomic E-state index is -1.03. The molecule has 0 spiro atoms. The highest BCUT2D eigenvalue weighted by Gasteiger charge is 2.20. The van der Waals surface area contributed by atoms with Crippen molar-refractivity contribution in [2.24, 2.45) is 0 Å². The molecular weight excluding hydrogens is 286 g/mol. The zero-order valence-corrected chi connectivity index (χ0v) is 13.1. The molecule has 0 saturated heterocycles. The van der Waals surface area contributed by atoms with E-state index in [-0.39, 0.29) is 6.54 Å².